The van der Waals surface area contributed by atoms with Crippen LogP contribution in [0.2, 0.25) is 0 Å². The van der Waals surface area contributed by atoms with Crippen LogP contribution in [0.4, 0.5) is 0 Å². The van der Waals surface area contributed by atoms with Crippen LogP contribution < -0.4 is 0 Å². The van der Waals surface area contributed by atoms with E-state index in [2.05, 4.69) is 47.1 Å². The molecule has 0 radical (unpaired) electrons. The van der Waals surface area contributed by atoms with Crippen molar-refractivity contribution in [3.63, 3.8) is 0 Å². The van der Waals surface area contributed by atoms with Gasteiger partial charge < -0.3 is 5.11 Å². The molecule has 0 unspecified atom stereocenters. The lowest BCUT2D eigenvalue weighted by Gasteiger charge is -2.30. The molecule has 1 aromatic carbocycles. The van der Waals surface area contributed by atoms with Gasteiger partial charge in [-0.05, 0) is 44.8 Å². The van der Waals surface area contributed by atoms with Crippen molar-refractivity contribution in [2.75, 3.05) is 32.8 Å². The quantitative estimate of drug-likeness (QED) is 0.789. The molecule has 3 heteroatoms. The zero-order valence-electron chi connectivity index (χ0n) is 12.7. The predicted octanol–water partition coefficient (Wildman–Crippen LogP) is 2.36. The molecule has 0 amide bonds. The highest BCUT2D eigenvalue weighted by atomic mass is 16.3. The van der Waals surface area contributed by atoms with Crippen molar-refractivity contribution in [3.05, 3.63) is 35.9 Å². The molecule has 0 bridgehead atoms. The molecule has 0 spiro atoms. The topological polar surface area (TPSA) is 26.7 Å². The minimum absolute atomic E-state index is 0.281. The zero-order valence-corrected chi connectivity index (χ0v) is 12.7. The number of aliphatic hydroxyl groups is 1. The van der Waals surface area contributed by atoms with Crippen molar-refractivity contribution in [1.82, 2.24) is 9.80 Å². The third kappa shape index (κ3) is 4.89. The second-order valence-corrected chi connectivity index (χ2v) is 5.89. The third-order valence-electron chi connectivity index (χ3n) is 4.17. The van der Waals surface area contributed by atoms with Gasteiger partial charge in [0.2, 0.25) is 0 Å². The lowest BCUT2D eigenvalue weighted by molar-refractivity contribution is 0.155. The Bertz CT molecular complexity index is 363. The predicted molar refractivity (Wildman–Crippen MR) is 83.7 cm³/mol. The van der Waals surface area contributed by atoms with Crippen molar-refractivity contribution < 1.29 is 5.11 Å². The summed E-state index contributed by atoms with van der Waals surface area (Å²) in [6.07, 6.45) is 3.55. The van der Waals surface area contributed by atoms with Crippen LogP contribution in [-0.2, 0) is 6.54 Å². The fourth-order valence-corrected chi connectivity index (χ4v) is 3.04. The molecule has 2 rings (SSSR count). The minimum Gasteiger partial charge on any atom is -0.396 e. The van der Waals surface area contributed by atoms with E-state index in [0.717, 1.165) is 26.1 Å². The van der Waals surface area contributed by atoms with Gasteiger partial charge in [-0.15, -0.1) is 0 Å². The first-order chi connectivity index (χ1) is 9.79. The maximum atomic E-state index is 9.09. The first kappa shape index (κ1) is 15.5. The van der Waals surface area contributed by atoms with Crippen LogP contribution in [0.15, 0.2) is 30.3 Å². The summed E-state index contributed by atoms with van der Waals surface area (Å²) in [6.45, 7) is 8.17. The van der Waals surface area contributed by atoms with Gasteiger partial charge in [-0.2, -0.15) is 0 Å². The highest BCUT2D eigenvalue weighted by Gasteiger charge is 2.20. The molecule has 3 nitrogen and oxygen atoms in total. The van der Waals surface area contributed by atoms with Gasteiger partial charge in [0, 0.05) is 32.3 Å². The Kier molecular flexibility index (Phi) is 6.51. The SMILES string of the molecule is C[C@H](CN(CCCO)Cc1ccccc1)N1CCCC1. The van der Waals surface area contributed by atoms with E-state index in [1.54, 1.807) is 0 Å². The van der Waals surface area contributed by atoms with Crippen LogP contribution >= 0.6 is 0 Å². The summed E-state index contributed by atoms with van der Waals surface area (Å²) in [7, 11) is 0. The van der Waals surface area contributed by atoms with Gasteiger partial charge in [0.15, 0.2) is 0 Å². The van der Waals surface area contributed by atoms with Crippen LogP contribution in [0.5, 0.6) is 0 Å². The van der Waals surface area contributed by atoms with Crippen molar-refractivity contribution in [2.45, 2.75) is 38.8 Å². The van der Waals surface area contributed by atoms with Gasteiger partial charge in [0.25, 0.3) is 0 Å². The average Bonchev–Trinajstić information content (AvgIpc) is 3.00. The molecule has 1 saturated heterocycles. The van der Waals surface area contributed by atoms with Crippen LogP contribution in [0.25, 0.3) is 0 Å². The minimum atomic E-state index is 0.281. The number of aliphatic hydroxyl groups excluding tert-OH is 1. The van der Waals surface area contributed by atoms with Gasteiger partial charge in [-0.25, -0.2) is 0 Å². The fourth-order valence-electron chi connectivity index (χ4n) is 3.04. The van der Waals surface area contributed by atoms with E-state index in [0.29, 0.717) is 6.04 Å². The lowest BCUT2D eigenvalue weighted by Crippen LogP contribution is -2.41. The largest absolute Gasteiger partial charge is 0.396 e. The number of nitrogens with zero attached hydrogens (tertiary/aromatic N) is 2. The number of hydrogen-bond donors (Lipinski definition) is 1. The Morgan fingerprint density at radius 2 is 1.90 bits per heavy atom. The number of likely N-dealkylation sites (tertiary alicyclic amines) is 1. The van der Waals surface area contributed by atoms with Crippen molar-refractivity contribution >= 4 is 0 Å². The first-order valence-corrected chi connectivity index (χ1v) is 7.91. The first-order valence-electron chi connectivity index (χ1n) is 7.91. The number of benzene rings is 1. The molecule has 1 aromatic rings. The Hall–Kier alpha value is -0.900. The summed E-state index contributed by atoms with van der Waals surface area (Å²) >= 11 is 0. The molecule has 112 valence electrons. The average molecular weight is 276 g/mol. The summed E-state index contributed by atoms with van der Waals surface area (Å²) in [6, 6.07) is 11.3. The third-order valence-corrected chi connectivity index (χ3v) is 4.17. The Morgan fingerprint density at radius 3 is 2.55 bits per heavy atom. The van der Waals surface area contributed by atoms with E-state index in [1.165, 1.54) is 31.5 Å². The lowest BCUT2D eigenvalue weighted by atomic mass is 10.2. The highest BCUT2D eigenvalue weighted by Crippen LogP contribution is 2.14. The van der Waals surface area contributed by atoms with Gasteiger partial charge in [-0.3, -0.25) is 9.80 Å². The fraction of sp³-hybridized carbons (Fsp3) is 0.647. The van der Waals surface area contributed by atoms with E-state index < -0.39 is 0 Å². The van der Waals surface area contributed by atoms with Crippen LogP contribution in [-0.4, -0.2) is 53.7 Å². The van der Waals surface area contributed by atoms with Crippen molar-refractivity contribution in [2.24, 2.45) is 0 Å². The molecule has 1 N–H and O–H groups in total. The van der Waals surface area contributed by atoms with Gasteiger partial charge >= 0.3 is 0 Å². The second kappa shape index (κ2) is 8.40. The summed E-state index contributed by atoms with van der Waals surface area (Å²) in [5, 5.41) is 9.09. The van der Waals surface area contributed by atoms with Gasteiger partial charge in [0.1, 0.15) is 0 Å². The normalized spacial score (nSPS) is 17.8. The smallest absolute Gasteiger partial charge is 0.0443 e. The summed E-state index contributed by atoms with van der Waals surface area (Å²) in [5.74, 6) is 0. The summed E-state index contributed by atoms with van der Waals surface area (Å²) < 4.78 is 0. The summed E-state index contributed by atoms with van der Waals surface area (Å²) in [4.78, 5) is 5.07. The van der Waals surface area contributed by atoms with E-state index in [1.807, 2.05) is 0 Å². The van der Waals surface area contributed by atoms with Crippen molar-refractivity contribution in [1.29, 1.82) is 0 Å². The molecule has 1 fully saturated rings. The standard InChI is InChI=1S/C17H28N2O/c1-16(19-11-5-6-12-19)14-18(10-7-13-20)15-17-8-3-2-4-9-17/h2-4,8-9,16,20H,5-7,10-15H2,1H3/t16-/m1/s1. The Labute approximate surface area is 123 Å². The van der Waals surface area contributed by atoms with Crippen LogP contribution in [0, 0.1) is 0 Å². The van der Waals surface area contributed by atoms with Gasteiger partial charge in [-0.1, -0.05) is 30.3 Å². The Morgan fingerprint density at radius 1 is 1.20 bits per heavy atom. The second-order valence-electron chi connectivity index (χ2n) is 5.89. The maximum absolute atomic E-state index is 9.09. The molecule has 1 aliphatic rings. The number of rotatable bonds is 8. The molecule has 1 aliphatic heterocycles. The van der Waals surface area contributed by atoms with Gasteiger partial charge in [0.05, 0.1) is 0 Å². The molecule has 0 saturated carbocycles. The number of hydrogen-bond acceptors (Lipinski definition) is 3. The summed E-state index contributed by atoms with van der Waals surface area (Å²) in [5.41, 5.74) is 1.36. The van der Waals surface area contributed by atoms with Crippen LogP contribution in [0.3, 0.4) is 0 Å². The zero-order chi connectivity index (χ0) is 14.2. The van der Waals surface area contributed by atoms with Crippen molar-refractivity contribution in [3.8, 4) is 0 Å². The molecule has 20 heavy (non-hydrogen) atoms. The monoisotopic (exact) mass is 276 g/mol. The maximum Gasteiger partial charge on any atom is 0.0443 e. The molecule has 1 heterocycles. The molecular formula is C17H28N2O. The van der Waals surface area contributed by atoms with Crippen LogP contribution in [0.1, 0.15) is 31.7 Å². The van der Waals surface area contributed by atoms with E-state index in [-0.39, 0.29) is 6.61 Å². The van der Waals surface area contributed by atoms with E-state index in [4.69, 9.17) is 5.11 Å². The molecule has 1 atom stereocenters. The van der Waals surface area contributed by atoms with E-state index in [9.17, 15) is 0 Å². The van der Waals surface area contributed by atoms with E-state index >= 15 is 0 Å². The molecule has 0 aliphatic carbocycles. The highest BCUT2D eigenvalue weighted by molar-refractivity contribution is 5.14. The Balaban J connectivity index is 1.88. The molecular weight excluding hydrogens is 248 g/mol. The molecule has 0 aromatic heterocycles.